The lowest BCUT2D eigenvalue weighted by molar-refractivity contribution is -0.0554. The Balaban J connectivity index is 1.31. The van der Waals surface area contributed by atoms with Crippen molar-refractivity contribution >= 4 is 0 Å². The summed E-state index contributed by atoms with van der Waals surface area (Å²) in [5.41, 5.74) is 5.23. The van der Waals surface area contributed by atoms with Gasteiger partial charge >= 0.3 is 0 Å². The number of aryl methyl sites for hydroxylation is 1. The van der Waals surface area contributed by atoms with Crippen LogP contribution in [-0.2, 0) is 12.8 Å². The molecule has 0 radical (unpaired) electrons. The zero-order chi connectivity index (χ0) is 31.7. The van der Waals surface area contributed by atoms with Crippen LogP contribution in [0.4, 0.5) is 0 Å². The Hall–Kier alpha value is -4.44. The largest absolute Gasteiger partial charge is 0.508 e. The van der Waals surface area contributed by atoms with Gasteiger partial charge in [0.2, 0.25) is 0 Å². The fraction of sp³-hybridized carbons (Fsp3) is 0.333. The number of aliphatic hydroxyl groups excluding tert-OH is 3. The van der Waals surface area contributed by atoms with Crippen molar-refractivity contribution in [3.8, 4) is 45.6 Å². The van der Waals surface area contributed by atoms with Gasteiger partial charge in [-0.05, 0) is 83.6 Å². The highest BCUT2D eigenvalue weighted by atomic mass is 16.5. The first-order chi connectivity index (χ1) is 21.8. The molecule has 0 amide bonds. The molecule has 236 valence electrons. The maximum atomic E-state index is 11.8. The molecule has 4 aromatic rings. The average molecular weight is 615 g/mol. The minimum absolute atomic E-state index is 0.0614. The van der Waals surface area contributed by atoms with Crippen LogP contribution in [0.2, 0.25) is 0 Å². The number of methoxy groups -OCH3 is 2. The van der Waals surface area contributed by atoms with E-state index >= 15 is 0 Å². The highest BCUT2D eigenvalue weighted by Gasteiger charge is 2.43. The minimum Gasteiger partial charge on any atom is -0.508 e. The molecule has 0 fully saturated rings. The quantitative estimate of drug-likeness (QED) is 0.175. The number of phenols is 2. The molecule has 2 aliphatic rings. The Labute approximate surface area is 261 Å². The monoisotopic (exact) mass is 614 g/mol. The van der Waals surface area contributed by atoms with Crippen LogP contribution in [0.25, 0.3) is 11.1 Å². The molecule has 9 heteroatoms. The SMILES string of the molecule is COc1cc(Cc2cc(O)ccc2-c2cccc(O)c2)c2c(c1)[C@@H](O)[C@@H]([C@H]1COc3cc(CCCO)c(OC)cc3[C@@H]1O)CO2. The van der Waals surface area contributed by atoms with E-state index in [1.165, 1.54) is 0 Å². The van der Waals surface area contributed by atoms with Crippen LogP contribution in [0.3, 0.4) is 0 Å². The van der Waals surface area contributed by atoms with Crippen molar-refractivity contribution in [2.24, 2.45) is 11.8 Å². The van der Waals surface area contributed by atoms with Crippen LogP contribution < -0.4 is 18.9 Å². The van der Waals surface area contributed by atoms with Gasteiger partial charge in [-0.3, -0.25) is 0 Å². The van der Waals surface area contributed by atoms with Crippen LogP contribution in [0.5, 0.6) is 34.5 Å². The van der Waals surface area contributed by atoms with Gasteiger partial charge in [-0.15, -0.1) is 0 Å². The molecular formula is C36H38O9. The van der Waals surface area contributed by atoms with Gasteiger partial charge in [-0.25, -0.2) is 0 Å². The first-order valence-electron chi connectivity index (χ1n) is 15.1. The lowest BCUT2D eigenvalue weighted by Crippen LogP contribution is -2.40. The van der Waals surface area contributed by atoms with Crippen LogP contribution in [0.1, 0.15) is 46.4 Å². The lowest BCUT2D eigenvalue weighted by Gasteiger charge is -2.40. The molecule has 9 nitrogen and oxygen atoms in total. The van der Waals surface area contributed by atoms with E-state index in [0.717, 1.165) is 27.8 Å². The number of hydrogen-bond donors (Lipinski definition) is 5. The Morgan fingerprint density at radius 1 is 0.756 bits per heavy atom. The maximum absolute atomic E-state index is 11.8. The van der Waals surface area contributed by atoms with Crippen LogP contribution in [0, 0.1) is 11.8 Å². The number of benzene rings is 4. The first kappa shape index (κ1) is 30.6. The molecule has 0 saturated heterocycles. The van der Waals surface area contributed by atoms with Gasteiger partial charge in [-0.1, -0.05) is 18.2 Å². The summed E-state index contributed by atoms with van der Waals surface area (Å²) in [6.45, 7) is 0.402. The third-order valence-electron chi connectivity index (χ3n) is 8.90. The van der Waals surface area contributed by atoms with E-state index < -0.39 is 24.0 Å². The number of phenolic OH excluding ortho intramolecular Hbond substituents is 2. The van der Waals surface area contributed by atoms with E-state index in [1.807, 2.05) is 24.3 Å². The molecule has 5 N–H and O–H groups in total. The zero-order valence-corrected chi connectivity index (χ0v) is 25.3. The average Bonchev–Trinajstić information content (AvgIpc) is 3.04. The van der Waals surface area contributed by atoms with Gasteiger partial charge in [0.25, 0.3) is 0 Å². The third kappa shape index (κ3) is 5.99. The third-order valence-corrected chi connectivity index (χ3v) is 8.90. The van der Waals surface area contributed by atoms with E-state index in [9.17, 15) is 25.5 Å². The van der Waals surface area contributed by atoms with Crippen molar-refractivity contribution in [3.63, 3.8) is 0 Å². The molecule has 45 heavy (non-hydrogen) atoms. The Morgan fingerprint density at radius 2 is 1.51 bits per heavy atom. The second-order valence-corrected chi connectivity index (χ2v) is 11.6. The number of hydrogen-bond acceptors (Lipinski definition) is 9. The zero-order valence-electron chi connectivity index (χ0n) is 25.3. The summed E-state index contributed by atoms with van der Waals surface area (Å²) in [6, 6.07) is 19.3. The number of aromatic hydroxyl groups is 2. The molecule has 0 spiro atoms. The number of ether oxygens (including phenoxy) is 4. The Bertz CT molecular complexity index is 1680. The Kier molecular flexibility index (Phi) is 8.76. The predicted octanol–water partition coefficient (Wildman–Crippen LogP) is 5.08. The summed E-state index contributed by atoms with van der Waals surface area (Å²) < 4.78 is 23.7. The van der Waals surface area contributed by atoms with E-state index in [1.54, 1.807) is 56.7 Å². The van der Waals surface area contributed by atoms with Crippen molar-refractivity contribution in [3.05, 3.63) is 94.5 Å². The number of aliphatic hydroxyl groups is 3. The summed E-state index contributed by atoms with van der Waals surface area (Å²) in [5.74, 6) is 1.55. The van der Waals surface area contributed by atoms with E-state index in [2.05, 4.69) is 0 Å². The highest BCUT2D eigenvalue weighted by molar-refractivity contribution is 5.70. The molecule has 0 aliphatic carbocycles. The van der Waals surface area contributed by atoms with Crippen LogP contribution in [-0.4, -0.2) is 59.6 Å². The van der Waals surface area contributed by atoms with E-state index in [4.69, 9.17) is 18.9 Å². The van der Waals surface area contributed by atoms with Crippen molar-refractivity contribution in [2.45, 2.75) is 31.5 Å². The van der Waals surface area contributed by atoms with Gasteiger partial charge in [0.05, 0.1) is 39.6 Å². The fourth-order valence-electron chi connectivity index (χ4n) is 6.57. The minimum atomic E-state index is -0.979. The molecule has 4 aromatic carbocycles. The lowest BCUT2D eigenvalue weighted by atomic mass is 9.76. The summed E-state index contributed by atoms with van der Waals surface area (Å²) >= 11 is 0. The molecule has 6 rings (SSSR count). The molecular weight excluding hydrogens is 576 g/mol. The number of rotatable bonds is 9. The fourth-order valence-corrected chi connectivity index (χ4v) is 6.57. The van der Waals surface area contributed by atoms with Crippen molar-refractivity contribution in [1.29, 1.82) is 0 Å². The molecule has 2 aliphatic heterocycles. The Morgan fingerprint density at radius 3 is 2.24 bits per heavy atom. The molecule has 0 unspecified atom stereocenters. The van der Waals surface area contributed by atoms with Gasteiger partial charge < -0.3 is 44.5 Å². The predicted molar refractivity (Wildman–Crippen MR) is 167 cm³/mol. The van der Waals surface area contributed by atoms with Crippen LogP contribution >= 0.6 is 0 Å². The molecule has 0 aromatic heterocycles. The van der Waals surface area contributed by atoms with Crippen molar-refractivity contribution in [2.75, 3.05) is 34.0 Å². The normalized spacial score (nSPS) is 20.4. The smallest absolute Gasteiger partial charge is 0.128 e. The molecule has 0 saturated carbocycles. The summed E-state index contributed by atoms with van der Waals surface area (Å²) in [6.07, 6.45) is -0.352. The van der Waals surface area contributed by atoms with Gasteiger partial charge in [0, 0.05) is 41.6 Å². The molecule has 4 atom stereocenters. The van der Waals surface area contributed by atoms with E-state index in [-0.39, 0.29) is 31.3 Å². The first-order valence-corrected chi connectivity index (χ1v) is 15.1. The highest BCUT2D eigenvalue weighted by Crippen LogP contribution is 2.49. The second-order valence-electron chi connectivity index (χ2n) is 11.6. The van der Waals surface area contributed by atoms with Gasteiger partial charge in [-0.2, -0.15) is 0 Å². The van der Waals surface area contributed by atoms with Crippen molar-refractivity contribution in [1.82, 2.24) is 0 Å². The topological polar surface area (TPSA) is 138 Å². The summed E-state index contributed by atoms with van der Waals surface area (Å²) in [7, 11) is 3.13. The summed E-state index contributed by atoms with van der Waals surface area (Å²) in [4.78, 5) is 0. The van der Waals surface area contributed by atoms with E-state index in [0.29, 0.717) is 53.4 Å². The van der Waals surface area contributed by atoms with Crippen molar-refractivity contribution < 1.29 is 44.5 Å². The summed E-state index contributed by atoms with van der Waals surface area (Å²) in [5, 5.41) is 53.1. The molecule has 0 bridgehead atoms. The van der Waals surface area contributed by atoms with Crippen LogP contribution in [0.15, 0.2) is 66.7 Å². The maximum Gasteiger partial charge on any atom is 0.128 e. The standard InChI is InChI=1S/C36H38O9/c1-42-26-14-23(11-22-13-25(39)8-9-27(22)20-5-3-7-24(38)12-20)36-29(16-26)35(41)31(19-45-36)30-18-44-33-15-21(6-4-10-37)32(43-2)17-28(33)34(30)40/h3,5,7-9,12-17,30-31,34-35,37-41H,4,6,10-11,18-19H2,1-2H3/t30-,31-,34+,35-/m1/s1. The second kappa shape index (κ2) is 12.9. The van der Waals surface area contributed by atoms with Gasteiger partial charge in [0.15, 0.2) is 0 Å². The number of fused-ring (bicyclic) bond motifs is 2. The van der Waals surface area contributed by atoms with Gasteiger partial charge in [0.1, 0.15) is 34.5 Å². The molecule has 2 heterocycles.